The number of aromatic nitrogens is 1. The molecule has 188 valence electrons. The zero-order valence-corrected chi connectivity index (χ0v) is 22.2. The summed E-state index contributed by atoms with van der Waals surface area (Å²) >= 11 is 0. The molecule has 0 spiro atoms. The van der Waals surface area contributed by atoms with E-state index in [-0.39, 0.29) is 22.1 Å². The molecule has 7 heteroatoms. The van der Waals surface area contributed by atoms with Gasteiger partial charge in [-0.2, -0.15) is 0 Å². The van der Waals surface area contributed by atoms with E-state index in [1.165, 1.54) is 10.4 Å². The van der Waals surface area contributed by atoms with Gasteiger partial charge in [0.25, 0.3) is 8.32 Å². The molecule has 2 N–H and O–H groups in total. The van der Waals surface area contributed by atoms with Gasteiger partial charge in [0, 0.05) is 29.0 Å². The number of carbonyl (C=O) groups is 1. The van der Waals surface area contributed by atoms with E-state index in [1.807, 2.05) is 0 Å². The van der Waals surface area contributed by atoms with Gasteiger partial charge in [-0.15, -0.1) is 0 Å². The summed E-state index contributed by atoms with van der Waals surface area (Å²) in [4.78, 5) is 11.0. The van der Waals surface area contributed by atoms with Crippen molar-refractivity contribution in [2.75, 3.05) is 0 Å². The number of carboxylic acid groups (broad SMARTS) is 1. The van der Waals surface area contributed by atoms with Crippen LogP contribution in [0.2, 0.25) is 5.04 Å². The summed E-state index contributed by atoms with van der Waals surface area (Å²) in [5.41, 5.74) is 0.748. The number of benzene rings is 2. The summed E-state index contributed by atoms with van der Waals surface area (Å²) in [6.07, 6.45) is 3.55. The first kappa shape index (κ1) is 23.5. The number of rotatable bonds is 7. The number of nitrogens with one attached hydrogen (secondary N) is 1. The highest BCUT2D eigenvalue weighted by atomic mass is 28.4. The first-order valence-corrected chi connectivity index (χ1v) is 14.8. The zero-order chi connectivity index (χ0) is 25.2. The molecule has 0 atom stereocenters. The quantitative estimate of drug-likeness (QED) is 0.447. The van der Waals surface area contributed by atoms with E-state index >= 15 is 0 Å². The number of hydrogen-bond acceptors (Lipinski definition) is 4. The minimum atomic E-state index is -2.55. The molecular weight excluding hydrogens is 468 g/mol. The molecular formula is C29H34N2O4Si. The Kier molecular flexibility index (Phi) is 5.25. The Hall–Kier alpha value is -2.90. The smallest absolute Gasteiger partial charge is 0.405 e. The van der Waals surface area contributed by atoms with E-state index in [0.717, 1.165) is 43.6 Å². The fourth-order valence-corrected chi connectivity index (χ4v) is 11.7. The lowest BCUT2D eigenvalue weighted by atomic mass is 9.38. The number of hydrogen-bond donors (Lipinski definition) is 2. The molecule has 1 amide bonds. The number of nitrogens with zero attached hydrogens (tertiary/aromatic N) is 1. The summed E-state index contributed by atoms with van der Waals surface area (Å²) < 4.78 is 13.1. The Morgan fingerprint density at radius 3 is 2.08 bits per heavy atom. The molecule has 0 aliphatic heterocycles. The lowest BCUT2D eigenvalue weighted by Gasteiger charge is -2.69. The molecule has 2 aromatic carbocycles. The molecule has 2 bridgehead atoms. The van der Waals surface area contributed by atoms with E-state index in [2.05, 4.69) is 98.0 Å². The van der Waals surface area contributed by atoms with Crippen molar-refractivity contribution in [2.24, 2.45) is 0 Å². The summed E-state index contributed by atoms with van der Waals surface area (Å²) in [5.74, 6) is 1.25. The Labute approximate surface area is 213 Å². The second-order valence-corrected chi connectivity index (χ2v) is 16.5. The molecule has 36 heavy (non-hydrogen) atoms. The summed E-state index contributed by atoms with van der Waals surface area (Å²) in [6.45, 7) is 6.94. The molecule has 4 aliphatic rings. The van der Waals surface area contributed by atoms with Crippen molar-refractivity contribution in [3.05, 3.63) is 78.2 Å². The highest BCUT2D eigenvalue weighted by Gasteiger charge is 2.70. The van der Waals surface area contributed by atoms with Crippen molar-refractivity contribution in [3.63, 3.8) is 0 Å². The molecule has 4 saturated carbocycles. The molecule has 6 nitrogen and oxygen atoms in total. The van der Waals surface area contributed by atoms with Gasteiger partial charge in [0.2, 0.25) is 0 Å². The minimum Gasteiger partial charge on any atom is -0.465 e. The topological polar surface area (TPSA) is 84.6 Å². The molecule has 0 unspecified atom stereocenters. The first-order valence-electron chi connectivity index (χ1n) is 12.9. The van der Waals surface area contributed by atoms with Gasteiger partial charge < -0.3 is 19.4 Å². The van der Waals surface area contributed by atoms with Crippen LogP contribution in [0.3, 0.4) is 0 Å². The van der Waals surface area contributed by atoms with Gasteiger partial charge in [-0.25, -0.2) is 4.79 Å². The minimum absolute atomic E-state index is 0.00122. The third-order valence-corrected chi connectivity index (χ3v) is 13.8. The second kappa shape index (κ2) is 8.05. The van der Waals surface area contributed by atoms with E-state index in [0.29, 0.717) is 5.92 Å². The average molecular weight is 503 g/mol. The molecule has 3 aromatic rings. The van der Waals surface area contributed by atoms with Crippen LogP contribution in [0.1, 0.15) is 70.2 Å². The van der Waals surface area contributed by atoms with Gasteiger partial charge in [0.05, 0.1) is 5.69 Å². The van der Waals surface area contributed by atoms with Gasteiger partial charge in [-0.05, 0) is 47.5 Å². The van der Waals surface area contributed by atoms with Crippen molar-refractivity contribution in [2.45, 2.75) is 80.9 Å². The fraction of sp³-hybridized carbons (Fsp3) is 0.448. The van der Waals surface area contributed by atoms with Crippen LogP contribution in [0.25, 0.3) is 0 Å². The molecule has 0 saturated heterocycles. The van der Waals surface area contributed by atoms with Gasteiger partial charge in [0.15, 0.2) is 0 Å². The predicted octanol–water partition coefficient (Wildman–Crippen LogP) is 4.94. The molecule has 4 fully saturated rings. The molecule has 1 aromatic heterocycles. The normalized spacial score (nSPS) is 29.0. The van der Waals surface area contributed by atoms with Gasteiger partial charge in [0.1, 0.15) is 5.76 Å². The standard InChI is InChI=1S/C29H34N2O4Si/c1-27(2,3)36(22-10-6-4-7-11-22,23-12-8-5-9-13-23)35-21-14-20(15-21)24-16-25(31-34-24)28-17-29(18-28,19-28)30-26(32)33/h4-13,16,20-21,30H,14-15,17-19H2,1-3H3,(H,32,33). The van der Waals surface area contributed by atoms with Crippen LogP contribution in [0.5, 0.6) is 0 Å². The van der Waals surface area contributed by atoms with E-state index < -0.39 is 14.4 Å². The Balaban J connectivity index is 1.18. The molecule has 4 aliphatic carbocycles. The third kappa shape index (κ3) is 3.55. The van der Waals surface area contributed by atoms with Crippen molar-refractivity contribution < 1.29 is 18.9 Å². The zero-order valence-electron chi connectivity index (χ0n) is 21.2. The van der Waals surface area contributed by atoms with Crippen LogP contribution < -0.4 is 15.7 Å². The van der Waals surface area contributed by atoms with Gasteiger partial charge in [-0.1, -0.05) is 86.6 Å². The van der Waals surface area contributed by atoms with E-state index in [4.69, 9.17) is 14.1 Å². The lowest BCUT2D eigenvalue weighted by molar-refractivity contribution is -0.0862. The van der Waals surface area contributed by atoms with Crippen molar-refractivity contribution in [3.8, 4) is 0 Å². The van der Waals surface area contributed by atoms with Crippen molar-refractivity contribution in [1.82, 2.24) is 10.5 Å². The first-order chi connectivity index (χ1) is 17.1. The summed E-state index contributed by atoms with van der Waals surface area (Å²) in [5, 5.41) is 18.7. The molecule has 7 rings (SSSR count). The summed E-state index contributed by atoms with van der Waals surface area (Å²) in [7, 11) is -2.55. The average Bonchev–Trinajstić information content (AvgIpc) is 3.24. The van der Waals surface area contributed by atoms with E-state index in [1.54, 1.807) is 0 Å². The van der Waals surface area contributed by atoms with Crippen LogP contribution >= 0.6 is 0 Å². The largest absolute Gasteiger partial charge is 0.465 e. The predicted molar refractivity (Wildman–Crippen MR) is 140 cm³/mol. The van der Waals surface area contributed by atoms with Crippen LogP contribution in [0, 0.1) is 0 Å². The maximum Gasteiger partial charge on any atom is 0.405 e. The van der Waals surface area contributed by atoms with Crippen LogP contribution in [0.4, 0.5) is 4.79 Å². The highest BCUT2D eigenvalue weighted by molar-refractivity contribution is 6.99. The Morgan fingerprint density at radius 1 is 1.03 bits per heavy atom. The monoisotopic (exact) mass is 502 g/mol. The highest BCUT2D eigenvalue weighted by Crippen LogP contribution is 2.67. The SMILES string of the molecule is CC(C)(C)[Si](OC1CC(c2cc(C34CC(NC(=O)O)(C3)C4)no2)C1)(c1ccccc1)c1ccccc1. The van der Waals surface area contributed by atoms with Gasteiger partial charge >= 0.3 is 6.09 Å². The molecule has 1 heterocycles. The Morgan fingerprint density at radius 2 is 1.58 bits per heavy atom. The maximum atomic E-state index is 11.0. The van der Waals surface area contributed by atoms with Crippen LogP contribution in [-0.2, 0) is 9.84 Å². The van der Waals surface area contributed by atoms with Crippen molar-refractivity contribution >= 4 is 24.8 Å². The van der Waals surface area contributed by atoms with Crippen LogP contribution in [0.15, 0.2) is 71.3 Å². The fourth-order valence-electron chi connectivity index (χ4n) is 6.99. The van der Waals surface area contributed by atoms with Crippen molar-refractivity contribution in [1.29, 1.82) is 0 Å². The van der Waals surface area contributed by atoms with Crippen LogP contribution in [-0.4, -0.2) is 36.3 Å². The van der Waals surface area contributed by atoms with E-state index in [9.17, 15) is 4.79 Å². The number of amides is 1. The third-order valence-electron chi connectivity index (χ3n) is 8.73. The Bertz CT molecular complexity index is 1200. The summed E-state index contributed by atoms with van der Waals surface area (Å²) in [6, 6.07) is 23.7. The lowest BCUT2D eigenvalue weighted by Crippen LogP contribution is -2.76. The molecule has 0 radical (unpaired) electrons. The van der Waals surface area contributed by atoms with Gasteiger partial charge in [-0.3, -0.25) is 0 Å². The maximum absolute atomic E-state index is 11.0. The second-order valence-electron chi connectivity index (χ2n) is 12.2.